The van der Waals surface area contributed by atoms with E-state index in [1.165, 1.54) is 37.6 Å². The van der Waals surface area contributed by atoms with Gasteiger partial charge in [-0.05, 0) is 54.2 Å². The minimum absolute atomic E-state index is 0.0714. The van der Waals surface area contributed by atoms with Crippen LogP contribution < -0.4 is 10.0 Å². The number of nitrogens with zero attached hydrogens (tertiary/aromatic N) is 3. The highest BCUT2D eigenvalue weighted by molar-refractivity contribution is 7.88. The average molecular weight is 536 g/mol. The van der Waals surface area contributed by atoms with Crippen LogP contribution in [0.2, 0.25) is 0 Å². The summed E-state index contributed by atoms with van der Waals surface area (Å²) in [4.78, 5) is 17.2. The van der Waals surface area contributed by atoms with Gasteiger partial charge in [0.15, 0.2) is 0 Å². The van der Waals surface area contributed by atoms with Gasteiger partial charge in [-0.3, -0.25) is 9.78 Å². The molecule has 1 aliphatic rings. The number of benzene rings is 2. The third-order valence-corrected chi connectivity index (χ3v) is 8.28. The number of sulfonamides is 1. The van der Waals surface area contributed by atoms with E-state index in [0.29, 0.717) is 40.2 Å². The molecule has 8 nitrogen and oxygen atoms in total. The fourth-order valence-electron chi connectivity index (χ4n) is 4.85. The SMILES string of the molecule is O=C(NCc1ccc(CS(=O)(=O)NCC2CCCCC2)cc1)c1cncc2c1cnn2-c1ccc(F)cc1. The van der Waals surface area contributed by atoms with Gasteiger partial charge in [0.25, 0.3) is 5.91 Å². The van der Waals surface area contributed by atoms with Gasteiger partial charge in [-0.1, -0.05) is 43.5 Å². The second-order valence-electron chi connectivity index (χ2n) is 9.76. The van der Waals surface area contributed by atoms with Crippen LogP contribution in [0.5, 0.6) is 0 Å². The Kier molecular flexibility index (Phi) is 7.80. The second-order valence-corrected chi connectivity index (χ2v) is 11.6. The summed E-state index contributed by atoms with van der Waals surface area (Å²) in [6.45, 7) is 0.783. The van der Waals surface area contributed by atoms with Crippen molar-refractivity contribution in [2.24, 2.45) is 5.92 Å². The molecule has 2 N–H and O–H groups in total. The molecule has 1 amide bonds. The van der Waals surface area contributed by atoms with Crippen molar-refractivity contribution in [3.05, 3.63) is 89.6 Å². The molecule has 198 valence electrons. The molecule has 4 aromatic rings. The average Bonchev–Trinajstić information content (AvgIpc) is 3.37. The number of carbonyl (C=O) groups excluding carboxylic acids is 1. The van der Waals surface area contributed by atoms with Crippen molar-refractivity contribution in [1.29, 1.82) is 0 Å². The second kappa shape index (κ2) is 11.4. The molecule has 0 unspecified atom stereocenters. The number of pyridine rings is 1. The molecule has 1 saturated carbocycles. The van der Waals surface area contributed by atoms with Gasteiger partial charge in [-0.15, -0.1) is 0 Å². The van der Waals surface area contributed by atoms with E-state index >= 15 is 0 Å². The van der Waals surface area contributed by atoms with Crippen LogP contribution in [0.15, 0.2) is 67.1 Å². The van der Waals surface area contributed by atoms with Gasteiger partial charge in [-0.2, -0.15) is 5.10 Å². The molecule has 38 heavy (non-hydrogen) atoms. The zero-order valence-electron chi connectivity index (χ0n) is 20.9. The smallest absolute Gasteiger partial charge is 0.253 e. The molecule has 2 aromatic heterocycles. The first kappa shape index (κ1) is 26.0. The number of hydrogen-bond donors (Lipinski definition) is 2. The molecule has 1 fully saturated rings. The molecule has 0 spiro atoms. The summed E-state index contributed by atoms with van der Waals surface area (Å²) in [7, 11) is -3.40. The topological polar surface area (TPSA) is 106 Å². The van der Waals surface area contributed by atoms with Gasteiger partial charge in [0, 0.05) is 24.7 Å². The highest BCUT2D eigenvalue weighted by atomic mass is 32.2. The molecule has 1 aliphatic carbocycles. The number of rotatable bonds is 9. The molecule has 5 rings (SSSR count). The van der Waals surface area contributed by atoms with Crippen LogP contribution in [0.1, 0.15) is 53.6 Å². The molecular formula is C28H30FN5O3S. The zero-order chi connectivity index (χ0) is 26.5. The van der Waals surface area contributed by atoms with Crippen molar-refractivity contribution in [2.45, 2.75) is 44.4 Å². The van der Waals surface area contributed by atoms with Crippen molar-refractivity contribution in [1.82, 2.24) is 24.8 Å². The van der Waals surface area contributed by atoms with E-state index in [0.717, 1.165) is 18.4 Å². The van der Waals surface area contributed by atoms with E-state index in [-0.39, 0.29) is 24.0 Å². The Labute approximate surface area is 221 Å². The predicted molar refractivity (Wildman–Crippen MR) is 144 cm³/mol. The molecule has 0 aliphatic heterocycles. The lowest BCUT2D eigenvalue weighted by Gasteiger charge is -2.21. The monoisotopic (exact) mass is 535 g/mol. The van der Waals surface area contributed by atoms with Crippen molar-refractivity contribution < 1.29 is 17.6 Å². The number of hydrogen-bond acceptors (Lipinski definition) is 5. The number of amides is 1. The van der Waals surface area contributed by atoms with E-state index in [1.54, 1.807) is 41.3 Å². The standard InChI is InChI=1S/C28H30FN5O3S/c29-23-10-12-24(13-11-23)34-27-18-30-16-26(25(27)17-32-34)28(35)31-14-21-6-8-22(9-7-21)19-38(36,37)33-15-20-4-2-1-3-5-20/h6-13,16-18,20,33H,1-5,14-15,19H2,(H,31,35). The van der Waals surface area contributed by atoms with Crippen molar-refractivity contribution in [3.63, 3.8) is 0 Å². The first-order valence-corrected chi connectivity index (χ1v) is 14.4. The van der Waals surface area contributed by atoms with Crippen molar-refractivity contribution in [3.8, 4) is 5.69 Å². The minimum Gasteiger partial charge on any atom is -0.348 e. The third-order valence-electron chi connectivity index (χ3n) is 6.96. The quantitative estimate of drug-likeness (QED) is 0.329. The normalized spacial score (nSPS) is 14.6. The molecular weight excluding hydrogens is 505 g/mol. The van der Waals surface area contributed by atoms with E-state index in [2.05, 4.69) is 20.1 Å². The number of fused-ring (bicyclic) bond motifs is 1. The van der Waals surface area contributed by atoms with Gasteiger partial charge in [-0.25, -0.2) is 22.2 Å². The molecule has 0 atom stereocenters. The van der Waals surface area contributed by atoms with Crippen LogP contribution in [-0.4, -0.2) is 35.6 Å². The summed E-state index contributed by atoms with van der Waals surface area (Å²) in [6.07, 6.45) is 10.5. The molecule has 2 aromatic carbocycles. The van der Waals surface area contributed by atoms with E-state index in [4.69, 9.17) is 0 Å². The van der Waals surface area contributed by atoms with Gasteiger partial charge < -0.3 is 5.32 Å². The van der Waals surface area contributed by atoms with Crippen LogP contribution >= 0.6 is 0 Å². The lowest BCUT2D eigenvalue weighted by Crippen LogP contribution is -2.31. The Hall–Kier alpha value is -3.63. The Morgan fingerprint density at radius 1 is 0.947 bits per heavy atom. The number of halogens is 1. The van der Waals surface area contributed by atoms with E-state index in [9.17, 15) is 17.6 Å². The van der Waals surface area contributed by atoms with Crippen LogP contribution in [0, 0.1) is 11.7 Å². The summed E-state index contributed by atoms with van der Waals surface area (Å²) >= 11 is 0. The van der Waals surface area contributed by atoms with Crippen LogP contribution in [0.25, 0.3) is 16.6 Å². The van der Waals surface area contributed by atoms with Gasteiger partial charge in [0.2, 0.25) is 10.0 Å². The summed E-state index contributed by atoms with van der Waals surface area (Å²) in [5, 5.41) is 7.87. The Morgan fingerprint density at radius 2 is 1.66 bits per heavy atom. The molecule has 0 radical (unpaired) electrons. The van der Waals surface area contributed by atoms with Crippen LogP contribution in [-0.2, 0) is 22.3 Å². The van der Waals surface area contributed by atoms with Crippen molar-refractivity contribution in [2.75, 3.05) is 6.54 Å². The third kappa shape index (κ3) is 6.25. The summed E-state index contributed by atoms with van der Waals surface area (Å²) in [6, 6.07) is 13.1. The van der Waals surface area contributed by atoms with Crippen LogP contribution in [0.4, 0.5) is 4.39 Å². The minimum atomic E-state index is -3.40. The van der Waals surface area contributed by atoms with E-state index < -0.39 is 10.0 Å². The summed E-state index contributed by atoms with van der Waals surface area (Å²) < 4.78 is 42.7. The summed E-state index contributed by atoms with van der Waals surface area (Å²) in [5.74, 6) is -0.287. The largest absolute Gasteiger partial charge is 0.348 e. The lowest BCUT2D eigenvalue weighted by molar-refractivity contribution is 0.0952. The highest BCUT2D eigenvalue weighted by Crippen LogP contribution is 2.23. The molecule has 10 heteroatoms. The Morgan fingerprint density at radius 3 is 2.39 bits per heavy atom. The predicted octanol–water partition coefficient (Wildman–Crippen LogP) is 4.49. The van der Waals surface area contributed by atoms with Gasteiger partial charge in [0.05, 0.1) is 34.9 Å². The Bertz CT molecular complexity index is 1510. The lowest BCUT2D eigenvalue weighted by atomic mass is 9.90. The number of carbonyl (C=O) groups is 1. The number of aromatic nitrogens is 3. The van der Waals surface area contributed by atoms with Gasteiger partial charge >= 0.3 is 0 Å². The fraction of sp³-hybridized carbons (Fsp3) is 0.321. The maximum absolute atomic E-state index is 13.3. The fourth-order valence-corrected chi connectivity index (χ4v) is 6.07. The Balaban J connectivity index is 1.19. The molecule has 0 bridgehead atoms. The molecule has 0 saturated heterocycles. The van der Waals surface area contributed by atoms with E-state index in [1.807, 2.05) is 12.1 Å². The molecule has 2 heterocycles. The number of nitrogens with one attached hydrogen (secondary N) is 2. The highest BCUT2D eigenvalue weighted by Gasteiger charge is 2.18. The van der Waals surface area contributed by atoms with Crippen molar-refractivity contribution >= 4 is 26.8 Å². The zero-order valence-corrected chi connectivity index (χ0v) is 21.8. The van der Waals surface area contributed by atoms with Gasteiger partial charge in [0.1, 0.15) is 5.82 Å². The summed E-state index contributed by atoms with van der Waals surface area (Å²) in [5.41, 5.74) is 3.21. The maximum atomic E-state index is 13.3. The van der Waals surface area contributed by atoms with Crippen LogP contribution in [0.3, 0.4) is 0 Å². The first-order chi connectivity index (χ1) is 18.4. The maximum Gasteiger partial charge on any atom is 0.253 e. The first-order valence-electron chi connectivity index (χ1n) is 12.8.